The fourth-order valence-corrected chi connectivity index (χ4v) is 4.05. The predicted octanol–water partition coefficient (Wildman–Crippen LogP) is 3.03. The number of carbonyl (C=O) groups excluding carboxylic acids is 2. The van der Waals surface area contributed by atoms with Gasteiger partial charge in [-0.05, 0) is 50.9 Å². The maximum Gasteiger partial charge on any atom is 0.411 e. The molecule has 1 fully saturated rings. The van der Waals surface area contributed by atoms with E-state index in [2.05, 4.69) is 20.9 Å². The highest BCUT2D eigenvalue weighted by molar-refractivity contribution is 7.17. The van der Waals surface area contributed by atoms with Crippen molar-refractivity contribution in [1.29, 1.82) is 0 Å². The second-order valence-corrected chi connectivity index (χ2v) is 7.47. The van der Waals surface area contributed by atoms with Gasteiger partial charge >= 0.3 is 6.09 Å². The molecule has 3 N–H and O–H groups in total. The highest BCUT2D eigenvalue weighted by Gasteiger charge is 2.19. The van der Waals surface area contributed by atoms with E-state index in [0.29, 0.717) is 33.8 Å². The molecule has 0 aliphatic carbocycles. The normalized spacial score (nSPS) is 14.6. The van der Waals surface area contributed by atoms with E-state index in [1.165, 1.54) is 11.3 Å². The molecule has 1 aromatic carbocycles. The van der Waals surface area contributed by atoms with E-state index >= 15 is 0 Å². The molecule has 0 unspecified atom stereocenters. The van der Waals surface area contributed by atoms with Crippen LogP contribution in [-0.2, 0) is 4.74 Å². The third-order valence-electron chi connectivity index (χ3n) is 4.53. The number of anilines is 1. The number of thiazole rings is 1. The number of carbonyl (C=O) groups is 2. The quantitative estimate of drug-likeness (QED) is 0.732. The summed E-state index contributed by atoms with van der Waals surface area (Å²) in [6, 6.07) is 7.38. The van der Waals surface area contributed by atoms with Gasteiger partial charge in [-0.25, -0.2) is 9.78 Å². The summed E-state index contributed by atoms with van der Waals surface area (Å²) >= 11 is 1.30. The van der Waals surface area contributed by atoms with Gasteiger partial charge in [-0.1, -0.05) is 12.1 Å². The number of piperidine rings is 1. The van der Waals surface area contributed by atoms with Gasteiger partial charge in [-0.15, -0.1) is 11.3 Å². The molecular weight excluding hydrogens is 364 g/mol. The molecule has 1 aliphatic heterocycles. The fourth-order valence-electron chi connectivity index (χ4n) is 3.00. The number of aromatic nitrogens is 1. The summed E-state index contributed by atoms with van der Waals surface area (Å²) in [6.45, 7) is 4.16. The molecule has 27 heavy (non-hydrogen) atoms. The third-order valence-corrected chi connectivity index (χ3v) is 5.72. The van der Waals surface area contributed by atoms with Crippen molar-refractivity contribution in [3.8, 4) is 10.6 Å². The van der Waals surface area contributed by atoms with Crippen LogP contribution in [0.2, 0.25) is 0 Å². The van der Waals surface area contributed by atoms with Gasteiger partial charge in [0.2, 0.25) is 0 Å². The maximum absolute atomic E-state index is 12.2. The molecule has 2 heterocycles. The van der Waals surface area contributed by atoms with Crippen molar-refractivity contribution >= 4 is 29.0 Å². The Hall–Kier alpha value is -2.45. The number of ether oxygens (including phenoxy) is 1. The molecule has 1 aliphatic rings. The lowest BCUT2D eigenvalue weighted by Crippen LogP contribution is -2.31. The number of nitrogens with one attached hydrogen (secondary N) is 3. The van der Waals surface area contributed by atoms with Crippen LogP contribution in [0.5, 0.6) is 0 Å². The fraction of sp³-hybridized carbons (Fsp3) is 0.421. The molecule has 0 bridgehead atoms. The van der Waals surface area contributed by atoms with Crippen molar-refractivity contribution in [2.75, 3.05) is 32.1 Å². The van der Waals surface area contributed by atoms with Crippen LogP contribution in [-0.4, -0.2) is 43.7 Å². The van der Waals surface area contributed by atoms with Crippen LogP contribution in [0.15, 0.2) is 24.3 Å². The first-order valence-electron chi connectivity index (χ1n) is 9.02. The number of hydrogen-bond donors (Lipinski definition) is 3. The van der Waals surface area contributed by atoms with Crippen LogP contribution >= 0.6 is 11.3 Å². The first-order chi connectivity index (χ1) is 13.1. The minimum Gasteiger partial charge on any atom is -0.449 e. The monoisotopic (exact) mass is 388 g/mol. The smallest absolute Gasteiger partial charge is 0.411 e. The van der Waals surface area contributed by atoms with E-state index in [4.69, 9.17) is 4.74 Å². The highest BCUT2D eigenvalue weighted by Crippen LogP contribution is 2.33. The van der Waals surface area contributed by atoms with Gasteiger partial charge in [-0.2, -0.15) is 0 Å². The van der Waals surface area contributed by atoms with Gasteiger partial charge in [0, 0.05) is 12.6 Å². The van der Waals surface area contributed by atoms with Crippen molar-refractivity contribution < 1.29 is 14.3 Å². The number of hydrogen-bond acceptors (Lipinski definition) is 6. The number of rotatable bonds is 5. The molecule has 144 valence electrons. The van der Waals surface area contributed by atoms with E-state index in [9.17, 15) is 9.59 Å². The average molecular weight is 388 g/mol. The molecule has 0 saturated carbocycles. The number of para-hydroxylation sites is 1. The van der Waals surface area contributed by atoms with E-state index in [1.807, 2.05) is 18.2 Å². The largest absolute Gasteiger partial charge is 0.449 e. The van der Waals surface area contributed by atoms with Gasteiger partial charge in [0.25, 0.3) is 5.91 Å². The van der Waals surface area contributed by atoms with E-state index in [-0.39, 0.29) is 5.91 Å². The Bertz CT molecular complexity index is 815. The molecular formula is C19H24N4O3S. The first kappa shape index (κ1) is 19.3. The average Bonchev–Trinajstić information content (AvgIpc) is 3.08. The summed E-state index contributed by atoms with van der Waals surface area (Å²) in [6.07, 6.45) is 1.57. The summed E-state index contributed by atoms with van der Waals surface area (Å²) in [5, 5.41) is 9.41. The Kier molecular flexibility index (Phi) is 6.41. The second kappa shape index (κ2) is 8.96. The molecule has 0 radical (unpaired) electrons. The Morgan fingerprint density at radius 2 is 2.04 bits per heavy atom. The lowest BCUT2D eigenvalue weighted by Gasteiger charge is -2.22. The number of benzene rings is 1. The van der Waals surface area contributed by atoms with Gasteiger partial charge in [0.15, 0.2) is 0 Å². The molecule has 7 nitrogen and oxygen atoms in total. The zero-order valence-electron chi connectivity index (χ0n) is 15.5. The van der Waals surface area contributed by atoms with Crippen LogP contribution in [0.25, 0.3) is 10.6 Å². The number of amides is 2. The van der Waals surface area contributed by atoms with Gasteiger partial charge in [0.05, 0.1) is 18.0 Å². The van der Waals surface area contributed by atoms with Crippen molar-refractivity contribution in [3.63, 3.8) is 0 Å². The Balaban J connectivity index is 1.70. The Morgan fingerprint density at radius 3 is 2.78 bits per heavy atom. The molecule has 0 atom stereocenters. The molecule has 3 rings (SSSR count). The van der Waals surface area contributed by atoms with Crippen LogP contribution < -0.4 is 16.0 Å². The van der Waals surface area contributed by atoms with Gasteiger partial charge < -0.3 is 15.4 Å². The van der Waals surface area contributed by atoms with Crippen molar-refractivity contribution in [2.24, 2.45) is 5.92 Å². The lowest BCUT2D eigenvalue weighted by molar-refractivity contribution is 0.0966. The van der Waals surface area contributed by atoms with Gasteiger partial charge in [-0.3, -0.25) is 10.1 Å². The zero-order chi connectivity index (χ0) is 19.2. The predicted molar refractivity (Wildman–Crippen MR) is 106 cm³/mol. The van der Waals surface area contributed by atoms with Crippen LogP contribution in [0.4, 0.5) is 10.5 Å². The molecule has 2 aromatic rings. The van der Waals surface area contributed by atoms with Crippen molar-refractivity contribution in [1.82, 2.24) is 15.6 Å². The highest BCUT2D eigenvalue weighted by atomic mass is 32.1. The van der Waals surface area contributed by atoms with Crippen LogP contribution in [0, 0.1) is 12.8 Å². The lowest BCUT2D eigenvalue weighted by atomic mass is 9.99. The Labute approximate surface area is 162 Å². The summed E-state index contributed by atoms with van der Waals surface area (Å²) in [4.78, 5) is 29.2. The van der Waals surface area contributed by atoms with Crippen molar-refractivity contribution in [2.45, 2.75) is 19.8 Å². The summed E-state index contributed by atoms with van der Waals surface area (Å²) in [5.41, 5.74) is 2.04. The maximum atomic E-state index is 12.2. The third kappa shape index (κ3) is 4.84. The summed E-state index contributed by atoms with van der Waals surface area (Å²) in [7, 11) is 1.59. The standard InChI is InChI=1S/C19H24N4O3S/c1-12-16(17(24)20-2)27-18(22-12)14-5-3-4-6-15(14)23-19(25)26-11-13-7-9-21-10-8-13/h3-6,13,21H,7-11H2,1-2H3,(H,20,24)(H,23,25). The van der Waals surface area contributed by atoms with Crippen LogP contribution in [0.1, 0.15) is 28.2 Å². The first-order valence-corrected chi connectivity index (χ1v) is 9.83. The molecule has 2 amide bonds. The van der Waals surface area contributed by atoms with E-state index in [0.717, 1.165) is 31.5 Å². The SMILES string of the molecule is CNC(=O)c1sc(-c2ccccc2NC(=O)OCC2CCNCC2)nc1C. The Morgan fingerprint density at radius 1 is 1.30 bits per heavy atom. The van der Waals surface area contributed by atoms with Crippen LogP contribution in [0.3, 0.4) is 0 Å². The van der Waals surface area contributed by atoms with Crippen molar-refractivity contribution in [3.05, 3.63) is 34.8 Å². The topological polar surface area (TPSA) is 92.4 Å². The summed E-state index contributed by atoms with van der Waals surface area (Å²) < 4.78 is 5.40. The minimum atomic E-state index is -0.471. The molecule has 1 aromatic heterocycles. The van der Waals surface area contributed by atoms with Gasteiger partial charge in [0.1, 0.15) is 9.88 Å². The second-order valence-electron chi connectivity index (χ2n) is 6.48. The van der Waals surface area contributed by atoms with E-state index in [1.54, 1.807) is 20.0 Å². The minimum absolute atomic E-state index is 0.164. The molecule has 8 heteroatoms. The molecule has 1 saturated heterocycles. The number of nitrogens with zero attached hydrogens (tertiary/aromatic N) is 1. The van der Waals surface area contributed by atoms with E-state index < -0.39 is 6.09 Å². The number of aryl methyl sites for hydroxylation is 1. The molecule has 0 spiro atoms. The zero-order valence-corrected chi connectivity index (χ0v) is 16.3. The summed E-state index contributed by atoms with van der Waals surface area (Å²) in [5.74, 6) is 0.243.